The Morgan fingerprint density at radius 3 is 2.70 bits per heavy atom. The summed E-state index contributed by atoms with van der Waals surface area (Å²) in [5, 5.41) is 3.28. The lowest BCUT2D eigenvalue weighted by atomic mass is 9.99. The summed E-state index contributed by atoms with van der Waals surface area (Å²) in [4.78, 5) is 3.62. The Bertz CT molecular complexity index is 167. The number of rotatable bonds is 1. The highest BCUT2D eigenvalue weighted by molar-refractivity contribution is 5.00. The standard InChI is InChI=1S/C8H12N2/c1-9-8-5-10-4-7(8)6-2-3-6/h6-8,10H,2-5H2/t7?,8-/m0/s1. The van der Waals surface area contributed by atoms with Crippen molar-refractivity contribution in [2.24, 2.45) is 11.8 Å². The van der Waals surface area contributed by atoms with Crippen molar-refractivity contribution in [1.82, 2.24) is 5.32 Å². The summed E-state index contributed by atoms with van der Waals surface area (Å²) in [6, 6.07) is 0.299. The van der Waals surface area contributed by atoms with E-state index >= 15 is 0 Å². The fraction of sp³-hybridized carbons (Fsp3) is 0.875. The molecule has 1 aliphatic heterocycles. The molecule has 1 heterocycles. The molecular formula is C8H12N2. The van der Waals surface area contributed by atoms with Crippen LogP contribution in [0.2, 0.25) is 0 Å². The van der Waals surface area contributed by atoms with Crippen molar-refractivity contribution in [2.75, 3.05) is 13.1 Å². The van der Waals surface area contributed by atoms with Crippen molar-refractivity contribution in [3.05, 3.63) is 11.4 Å². The van der Waals surface area contributed by atoms with E-state index in [2.05, 4.69) is 10.2 Å². The number of nitrogens with one attached hydrogen (secondary N) is 1. The summed E-state index contributed by atoms with van der Waals surface area (Å²) in [6.45, 7) is 8.97. The van der Waals surface area contributed by atoms with E-state index in [9.17, 15) is 0 Å². The Kier molecular flexibility index (Phi) is 1.39. The maximum absolute atomic E-state index is 6.94. The van der Waals surface area contributed by atoms with Gasteiger partial charge < -0.3 is 10.2 Å². The highest BCUT2D eigenvalue weighted by atomic mass is 15.0. The average Bonchev–Trinajstić information content (AvgIpc) is 2.69. The second-order valence-electron chi connectivity index (χ2n) is 3.36. The molecule has 2 fully saturated rings. The predicted molar refractivity (Wildman–Crippen MR) is 39.5 cm³/mol. The van der Waals surface area contributed by atoms with Crippen LogP contribution in [-0.2, 0) is 0 Å². The molecule has 0 amide bonds. The molecular weight excluding hydrogens is 124 g/mol. The Morgan fingerprint density at radius 1 is 1.30 bits per heavy atom. The van der Waals surface area contributed by atoms with Crippen LogP contribution in [0.15, 0.2) is 0 Å². The fourth-order valence-electron chi connectivity index (χ4n) is 1.83. The zero-order chi connectivity index (χ0) is 6.97. The van der Waals surface area contributed by atoms with E-state index in [1.54, 1.807) is 0 Å². The van der Waals surface area contributed by atoms with Crippen LogP contribution in [0.25, 0.3) is 4.85 Å². The second-order valence-corrected chi connectivity index (χ2v) is 3.36. The van der Waals surface area contributed by atoms with E-state index < -0.39 is 0 Å². The molecule has 0 bridgehead atoms. The molecule has 0 radical (unpaired) electrons. The first-order valence-electron chi connectivity index (χ1n) is 3.99. The van der Waals surface area contributed by atoms with Crippen molar-refractivity contribution in [3.63, 3.8) is 0 Å². The van der Waals surface area contributed by atoms with Gasteiger partial charge in [0, 0.05) is 6.54 Å². The second kappa shape index (κ2) is 2.25. The van der Waals surface area contributed by atoms with E-state index in [4.69, 9.17) is 6.57 Å². The van der Waals surface area contributed by atoms with Gasteiger partial charge in [-0.05, 0) is 18.8 Å². The molecule has 2 nitrogen and oxygen atoms in total. The third-order valence-corrected chi connectivity index (χ3v) is 2.62. The molecule has 2 atom stereocenters. The molecule has 2 rings (SSSR count). The summed E-state index contributed by atoms with van der Waals surface area (Å²) in [6.07, 6.45) is 2.75. The van der Waals surface area contributed by atoms with Gasteiger partial charge in [-0.15, -0.1) is 0 Å². The Morgan fingerprint density at radius 2 is 2.10 bits per heavy atom. The van der Waals surface area contributed by atoms with Gasteiger partial charge in [0.2, 0.25) is 6.04 Å². The third-order valence-electron chi connectivity index (χ3n) is 2.62. The van der Waals surface area contributed by atoms with Gasteiger partial charge in [-0.3, -0.25) is 0 Å². The molecule has 1 saturated carbocycles. The first-order chi connectivity index (χ1) is 4.92. The quantitative estimate of drug-likeness (QED) is 0.530. The molecule has 1 saturated heterocycles. The lowest BCUT2D eigenvalue weighted by Gasteiger charge is -2.04. The maximum atomic E-state index is 6.94. The van der Waals surface area contributed by atoms with Crippen LogP contribution in [0.3, 0.4) is 0 Å². The summed E-state index contributed by atoms with van der Waals surface area (Å²) in [5.41, 5.74) is 0. The third kappa shape index (κ3) is 0.911. The fourth-order valence-corrected chi connectivity index (χ4v) is 1.83. The maximum Gasteiger partial charge on any atom is 0.240 e. The Labute approximate surface area is 61.4 Å². The highest BCUT2D eigenvalue weighted by Gasteiger charge is 2.42. The lowest BCUT2D eigenvalue weighted by Crippen LogP contribution is -2.15. The van der Waals surface area contributed by atoms with E-state index in [1.165, 1.54) is 12.8 Å². The van der Waals surface area contributed by atoms with E-state index in [0.717, 1.165) is 19.0 Å². The summed E-state index contributed by atoms with van der Waals surface area (Å²) in [7, 11) is 0. The Hall–Kier alpha value is -0.550. The summed E-state index contributed by atoms with van der Waals surface area (Å²) >= 11 is 0. The van der Waals surface area contributed by atoms with E-state index in [-0.39, 0.29) is 0 Å². The molecule has 0 spiro atoms. The van der Waals surface area contributed by atoms with Crippen LogP contribution < -0.4 is 5.32 Å². The topological polar surface area (TPSA) is 16.4 Å². The first-order valence-corrected chi connectivity index (χ1v) is 3.99. The van der Waals surface area contributed by atoms with Crippen LogP contribution in [0.5, 0.6) is 0 Å². The van der Waals surface area contributed by atoms with Crippen LogP contribution in [0.1, 0.15) is 12.8 Å². The lowest BCUT2D eigenvalue weighted by molar-refractivity contribution is 0.489. The molecule has 54 valence electrons. The van der Waals surface area contributed by atoms with Gasteiger partial charge in [0.1, 0.15) is 0 Å². The molecule has 0 aromatic rings. The van der Waals surface area contributed by atoms with Crippen molar-refractivity contribution in [1.29, 1.82) is 0 Å². The van der Waals surface area contributed by atoms with Gasteiger partial charge in [-0.2, -0.15) is 0 Å². The molecule has 0 aromatic carbocycles. The molecule has 1 N–H and O–H groups in total. The first kappa shape index (κ1) is 6.18. The smallest absolute Gasteiger partial charge is 0.240 e. The van der Waals surface area contributed by atoms with Crippen LogP contribution in [0.4, 0.5) is 0 Å². The zero-order valence-electron chi connectivity index (χ0n) is 6.01. The van der Waals surface area contributed by atoms with Gasteiger partial charge in [-0.1, -0.05) is 0 Å². The number of hydrogen-bond acceptors (Lipinski definition) is 1. The van der Waals surface area contributed by atoms with Crippen molar-refractivity contribution >= 4 is 0 Å². The minimum absolute atomic E-state index is 0.299. The molecule has 1 unspecified atom stereocenters. The minimum Gasteiger partial charge on any atom is -0.312 e. The SMILES string of the molecule is [C-]#[N+][C@H]1CNCC1C1CC1. The molecule has 2 aliphatic rings. The monoisotopic (exact) mass is 136 g/mol. The number of hydrogen-bond donors (Lipinski definition) is 1. The summed E-state index contributed by atoms with van der Waals surface area (Å²) in [5.74, 6) is 1.59. The van der Waals surface area contributed by atoms with Gasteiger partial charge >= 0.3 is 0 Å². The summed E-state index contributed by atoms with van der Waals surface area (Å²) < 4.78 is 0. The molecule has 2 heteroatoms. The van der Waals surface area contributed by atoms with Crippen molar-refractivity contribution in [3.8, 4) is 0 Å². The van der Waals surface area contributed by atoms with Crippen LogP contribution >= 0.6 is 0 Å². The van der Waals surface area contributed by atoms with Crippen molar-refractivity contribution in [2.45, 2.75) is 18.9 Å². The van der Waals surface area contributed by atoms with Gasteiger partial charge in [0.25, 0.3) is 0 Å². The van der Waals surface area contributed by atoms with Gasteiger partial charge in [0.15, 0.2) is 0 Å². The van der Waals surface area contributed by atoms with E-state index in [1.807, 2.05) is 0 Å². The highest BCUT2D eigenvalue weighted by Crippen LogP contribution is 2.40. The van der Waals surface area contributed by atoms with Gasteiger partial charge in [0.05, 0.1) is 12.5 Å². The molecule has 10 heavy (non-hydrogen) atoms. The molecule has 0 aromatic heterocycles. The normalized spacial score (nSPS) is 39.5. The Balaban J connectivity index is 1.99. The average molecular weight is 136 g/mol. The molecule has 1 aliphatic carbocycles. The van der Waals surface area contributed by atoms with Crippen LogP contribution in [0, 0.1) is 18.4 Å². The van der Waals surface area contributed by atoms with Gasteiger partial charge in [-0.25, -0.2) is 6.57 Å². The van der Waals surface area contributed by atoms with Crippen molar-refractivity contribution < 1.29 is 0 Å². The predicted octanol–water partition coefficient (Wildman–Crippen LogP) is 0.904. The number of nitrogens with zero attached hydrogens (tertiary/aromatic N) is 1. The minimum atomic E-state index is 0.299. The zero-order valence-corrected chi connectivity index (χ0v) is 6.01. The largest absolute Gasteiger partial charge is 0.312 e. The van der Waals surface area contributed by atoms with Crippen LogP contribution in [-0.4, -0.2) is 19.1 Å². The van der Waals surface area contributed by atoms with E-state index in [0.29, 0.717) is 12.0 Å².